The fourth-order valence-electron chi connectivity index (χ4n) is 2.90. The van der Waals surface area contributed by atoms with Crippen molar-refractivity contribution >= 4 is 15.9 Å². The standard InChI is InChI=1S/C16H22BrNO2/c1-19-14-7-6-13(17)12(10-16(18)8-9-16)15(14)20-11-4-2-3-5-11/h6-7,11H,2-5,8-10,18H2,1H3. The number of rotatable bonds is 5. The van der Waals surface area contributed by atoms with Crippen LogP contribution in [0.3, 0.4) is 0 Å². The molecule has 0 aliphatic heterocycles. The SMILES string of the molecule is COc1ccc(Br)c(CC2(N)CC2)c1OC1CCCC1. The molecule has 1 aromatic rings. The van der Waals surface area contributed by atoms with Gasteiger partial charge in [0.15, 0.2) is 11.5 Å². The van der Waals surface area contributed by atoms with Crippen LogP contribution in [0.25, 0.3) is 0 Å². The first kappa shape index (κ1) is 14.2. The summed E-state index contributed by atoms with van der Waals surface area (Å²) in [6.07, 6.45) is 8.18. The van der Waals surface area contributed by atoms with E-state index in [-0.39, 0.29) is 5.54 Å². The van der Waals surface area contributed by atoms with Gasteiger partial charge in [-0.25, -0.2) is 0 Å². The van der Waals surface area contributed by atoms with E-state index in [4.69, 9.17) is 15.2 Å². The van der Waals surface area contributed by atoms with E-state index in [1.807, 2.05) is 12.1 Å². The molecule has 3 rings (SSSR count). The van der Waals surface area contributed by atoms with Gasteiger partial charge < -0.3 is 15.2 Å². The van der Waals surface area contributed by atoms with Crippen molar-refractivity contribution in [1.29, 1.82) is 0 Å². The average Bonchev–Trinajstić information content (AvgIpc) is 2.95. The average molecular weight is 340 g/mol. The summed E-state index contributed by atoms with van der Waals surface area (Å²) < 4.78 is 12.8. The van der Waals surface area contributed by atoms with Crippen LogP contribution in [0.2, 0.25) is 0 Å². The Morgan fingerprint density at radius 1 is 1.30 bits per heavy atom. The van der Waals surface area contributed by atoms with Gasteiger partial charge in [0.1, 0.15) is 0 Å². The van der Waals surface area contributed by atoms with E-state index in [0.29, 0.717) is 6.10 Å². The van der Waals surface area contributed by atoms with Gasteiger partial charge in [0.05, 0.1) is 13.2 Å². The van der Waals surface area contributed by atoms with Crippen LogP contribution in [0, 0.1) is 0 Å². The molecule has 0 radical (unpaired) electrons. The molecule has 2 saturated carbocycles. The van der Waals surface area contributed by atoms with Gasteiger partial charge in [-0.3, -0.25) is 0 Å². The summed E-state index contributed by atoms with van der Waals surface area (Å²) in [6.45, 7) is 0. The highest BCUT2D eigenvalue weighted by Gasteiger charge is 2.40. The summed E-state index contributed by atoms with van der Waals surface area (Å²) in [4.78, 5) is 0. The molecule has 20 heavy (non-hydrogen) atoms. The van der Waals surface area contributed by atoms with Crippen molar-refractivity contribution in [3.8, 4) is 11.5 Å². The van der Waals surface area contributed by atoms with Gasteiger partial charge in [-0.05, 0) is 57.1 Å². The van der Waals surface area contributed by atoms with Crippen molar-refractivity contribution in [2.24, 2.45) is 5.73 Å². The Hall–Kier alpha value is -0.740. The van der Waals surface area contributed by atoms with Crippen LogP contribution in [0.5, 0.6) is 11.5 Å². The highest BCUT2D eigenvalue weighted by Crippen LogP contribution is 2.44. The zero-order valence-electron chi connectivity index (χ0n) is 12.0. The third-order valence-corrected chi connectivity index (χ3v) is 5.14. The molecule has 3 nitrogen and oxygen atoms in total. The van der Waals surface area contributed by atoms with E-state index in [1.165, 1.54) is 12.8 Å². The Bertz CT molecular complexity index is 493. The molecule has 2 aliphatic carbocycles. The van der Waals surface area contributed by atoms with Gasteiger partial charge in [0.2, 0.25) is 0 Å². The van der Waals surface area contributed by atoms with Gasteiger partial charge in [0, 0.05) is 15.6 Å². The first-order valence-corrected chi connectivity index (χ1v) is 8.21. The maximum atomic E-state index is 6.30. The lowest BCUT2D eigenvalue weighted by Crippen LogP contribution is -2.25. The van der Waals surface area contributed by atoms with Gasteiger partial charge >= 0.3 is 0 Å². The van der Waals surface area contributed by atoms with Crippen LogP contribution in [-0.4, -0.2) is 18.8 Å². The minimum absolute atomic E-state index is 0.0390. The summed E-state index contributed by atoms with van der Waals surface area (Å²) in [5.41, 5.74) is 7.42. The van der Waals surface area contributed by atoms with Gasteiger partial charge in [-0.1, -0.05) is 15.9 Å². The summed E-state index contributed by atoms with van der Waals surface area (Å²) in [5, 5.41) is 0. The molecule has 0 spiro atoms. The van der Waals surface area contributed by atoms with Crippen molar-refractivity contribution in [3.63, 3.8) is 0 Å². The molecule has 0 atom stereocenters. The molecule has 0 aromatic heterocycles. The minimum Gasteiger partial charge on any atom is -0.493 e. The van der Waals surface area contributed by atoms with E-state index in [1.54, 1.807) is 7.11 Å². The lowest BCUT2D eigenvalue weighted by atomic mass is 10.0. The van der Waals surface area contributed by atoms with Crippen molar-refractivity contribution in [1.82, 2.24) is 0 Å². The second-order valence-corrected chi connectivity index (χ2v) is 6.98. The normalized spacial score (nSPS) is 20.9. The first-order valence-electron chi connectivity index (χ1n) is 7.42. The number of nitrogens with two attached hydrogens (primary N) is 1. The van der Waals surface area contributed by atoms with E-state index in [9.17, 15) is 0 Å². The van der Waals surface area contributed by atoms with Crippen molar-refractivity contribution in [2.45, 2.75) is 56.6 Å². The summed E-state index contributed by atoms with van der Waals surface area (Å²) in [5.74, 6) is 1.71. The predicted octanol–water partition coefficient (Wildman–Crippen LogP) is 3.81. The molecule has 1 aromatic carbocycles. The molecule has 2 aliphatic rings. The van der Waals surface area contributed by atoms with Gasteiger partial charge in [-0.15, -0.1) is 0 Å². The molecule has 0 bridgehead atoms. The quantitative estimate of drug-likeness (QED) is 0.886. The van der Waals surface area contributed by atoms with Gasteiger partial charge in [0.25, 0.3) is 0 Å². The molecule has 0 amide bonds. The highest BCUT2D eigenvalue weighted by atomic mass is 79.9. The third-order valence-electron chi connectivity index (χ3n) is 4.39. The zero-order valence-corrected chi connectivity index (χ0v) is 13.5. The fourth-order valence-corrected chi connectivity index (χ4v) is 3.35. The van der Waals surface area contributed by atoms with Crippen LogP contribution in [0.4, 0.5) is 0 Å². The molecular formula is C16H22BrNO2. The number of hydrogen-bond donors (Lipinski definition) is 1. The summed E-state index contributed by atoms with van der Waals surface area (Å²) in [6, 6.07) is 4.00. The highest BCUT2D eigenvalue weighted by molar-refractivity contribution is 9.10. The molecule has 110 valence electrons. The van der Waals surface area contributed by atoms with Crippen molar-refractivity contribution in [2.75, 3.05) is 7.11 Å². The number of hydrogen-bond acceptors (Lipinski definition) is 3. The predicted molar refractivity (Wildman–Crippen MR) is 83.4 cm³/mol. The van der Waals surface area contributed by atoms with Crippen LogP contribution in [-0.2, 0) is 6.42 Å². The Labute approximate surface area is 129 Å². The number of halogens is 1. The Kier molecular flexibility index (Phi) is 3.95. The maximum Gasteiger partial charge on any atom is 0.165 e. The Balaban J connectivity index is 1.91. The molecule has 0 unspecified atom stereocenters. The van der Waals surface area contributed by atoms with Crippen LogP contribution < -0.4 is 15.2 Å². The van der Waals surface area contributed by atoms with Crippen LogP contribution in [0.1, 0.15) is 44.1 Å². The smallest absolute Gasteiger partial charge is 0.165 e. The zero-order chi connectivity index (χ0) is 14.2. The van der Waals surface area contributed by atoms with Gasteiger partial charge in [-0.2, -0.15) is 0 Å². The number of methoxy groups -OCH3 is 1. The first-order chi connectivity index (χ1) is 9.61. The van der Waals surface area contributed by atoms with E-state index >= 15 is 0 Å². The number of ether oxygens (including phenoxy) is 2. The lowest BCUT2D eigenvalue weighted by molar-refractivity contribution is 0.198. The molecule has 2 fully saturated rings. The van der Waals surface area contributed by atoms with Crippen LogP contribution in [0.15, 0.2) is 16.6 Å². The molecule has 2 N–H and O–H groups in total. The topological polar surface area (TPSA) is 44.5 Å². The van der Waals surface area contributed by atoms with E-state index in [2.05, 4.69) is 15.9 Å². The fraction of sp³-hybridized carbons (Fsp3) is 0.625. The van der Waals surface area contributed by atoms with E-state index < -0.39 is 0 Å². The van der Waals surface area contributed by atoms with Crippen molar-refractivity contribution < 1.29 is 9.47 Å². The van der Waals surface area contributed by atoms with Crippen molar-refractivity contribution in [3.05, 3.63) is 22.2 Å². The minimum atomic E-state index is -0.0390. The second-order valence-electron chi connectivity index (χ2n) is 6.12. The van der Waals surface area contributed by atoms with E-state index in [0.717, 1.165) is 53.6 Å². The number of benzene rings is 1. The molecular weight excluding hydrogens is 318 g/mol. The van der Waals surface area contributed by atoms with Crippen LogP contribution >= 0.6 is 15.9 Å². The summed E-state index contributed by atoms with van der Waals surface area (Å²) >= 11 is 3.65. The lowest BCUT2D eigenvalue weighted by Gasteiger charge is -2.21. The second kappa shape index (κ2) is 5.57. The molecule has 4 heteroatoms. The maximum absolute atomic E-state index is 6.30. The Morgan fingerprint density at radius 3 is 2.60 bits per heavy atom. The monoisotopic (exact) mass is 339 g/mol. The summed E-state index contributed by atoms with van der Waals surface area (Å²) in [7, 11) is 1.70. The Morgan fingerprint density at radius 2 is 2.00 bits per heavy atom. The largest absolute Gasteiger partial charge is 0.493 e. The third kappa shape index (κ3) is 2.96. The molecule has 0 saturated heterocycles. The molecule has 0 heterocycles.